The first-order chi connectivity index (χ1) is 7.70. The van der Waals surface area contributed by atoms with Gasteiger partial charge in [0.25, 0.3) is 5.91 Å². The molecule has 0 saturated carbocycles. The molecule has 0 fully saturated rings. The molecule has 0 aliphatic carbocycles. The van der Waals surface area contributed by atoms with Gasteiger partial charge >= 0.3 is 7.60 Å². The van der Waals surface area contributed by atoms with E-state index in [4.69, 9.17) is 15.5 Å². The van der Waals surface area contributed by atoms with Crippen LogP contribution in [0.3, 0.4) is 0 Å². The number of anilines is 1. The Balaban J connectivity index is 2.85. The van der Waals surface area contributed by atoms with Crippen molar-refractivity contribution in [3.8, 4) is 0 Å². The molecule has 0 radical (unpaired) electrons. The Labute approximate surface area is 102 Å². The number of amides is 1. The summed E-state index contributed by atoms with van der Waals surface area (Å²) >= 11 is 1.20. The van der Waals surface area contributed by atoms with Gasteiger partial charge in [0.2, 0.25) is 0 Å². The third-order valence-electron chi connectivity index (χ3n) is 1.85. The summed E-state index contributed by atoms with van der Waals surface area (Å²) in [5.41, 5.74) is 5.65. The fourth-order valence-corrected chi connectivity index (χ4v) is 2.34. The van der Waals surface area contributed by atoms with Crippen LogP contribution in [0, 0.1) is 0 Å². The zero-order valence-corrected chi connectivity index (χ0v) is 11.1. The summed E-state index contributed by atoms with van der Waals surface area (Å²) in [4.78, 5) is 33.5. The van der Waals surface area contributed by atoms with Crippen molar-refractivity contribution in [3.05, 3.63) is 10.6 Å². The van der Waals surface area contributed by atoms with Crippen molar-refractivity contribution < 1.29 is 19.1 Å². The molecule has 0 aromatic carbocycles. The lowest BCUT2D eigenvalue weighted by Gasteiger charge is -2.07. The first kappa shape index (κ1) is 14.1. The molecular weight excluding hydrogens is 265 g/mol. The summed E-state index contributed by atoms with van der Waals surface area (Å²) in [6.45, 7) is 3.76. The van der Waals surface area contributed by atoms with Crippen LogP contribution in [-0.2, 0) is 4.57 Å². The van der Waals surface area contributed by atoms with E-state index in [1.54, 1.807) is 0 Å². The molecule has 96 valence electrons. The number of aromatic nitrogens is 1. The van der Waals surface area contributed by atoms with Gasteiger partial charge in [-0.15, -0.1) is 11.3 Å². The average molecular weight is 279 g/mol. The minimum atomic E-state index is -4.26. The Morgan fingerprint density at radius 3 is 2.65 bits per heavy atom. The monoisotopic (exact) mass is 279 g/mol. The van der Waals surface area contributed by atoms with Crippen LogP contribution in [0.25, 0.3) is 0 Å². The van der Waals surface area contributed by atoms with E-state index in [2.05, 4.69) is 10.3 Å². The molecule has 7 nitrogen and oxygen atoms in total. The third-order valence-corrected chi connectivity index (χ3v) is 3.61. The van der Waals surface area contributed by atoms with E-state index in [0.717, 1.165) is 0 Å². The lowest BCUT2D eigenvalue weighted by atomic mass is 10.1. The van der Waals surface area contributed by atoms with Crippen molar-refractivity contribution in [3.63, 3.8) is 0 Å². The van der Waals surface area contributed by atoms with E-state index in [1.165, 1.54) is 11.3 Å². The number of hydrogen-bond acceptors (Lipinski definition) is 5. The summed E-state index contributed by atoms with van der Waals surface area (Å²) < 4.78 is 10.6. The van der Waals surface area contributed by atoms with Crippen LogP contribution < -0.4 is 11.1 Å². The number of nitrogens with one attached hydrogen (secondary N) is 1. The van der Waals surface area contributed by atoms with Crippen LogP contribution in [0.4, 0.5) is 5.13 Å². The highest BCUT2D eigenvalue weighted by molar-refractivity contribution is 7.51. The molecule has 1 aromatic rings. The van der Waals surface area contributed by atoms with Gasteiger partial charge in [0.1, 0.15) is 12.0 Å². The van der Waals surface area contributed by atoms with Crippen molar-refractivity contribution in [1.29, 1.82) is 0 Å². The number of rotatable bonds is 4. The SMILES string of the molecule is CC(C)c1sc(N)nc1C(=O)NCP(=O)(O)O. The molecule has 0 unspecified atom stereocenters. The topological polar surface area (TPSA) is 126 Å². The molecule has 5 N–H and O–H groups in total. The second-order valence-corrected chi connectivity index (χ2v) is 6.46. The van der Waals surface area contributed by atoms with Gasteiger partial charge in [-0.2, -0.15) is 0 Å². The van der Waals surface area contributed by atoms with Gasteiger partial charge in [0.15, 0.2) is 5.13 Å². The van der Waals surface area contributed by atoms with Crippen molar-refractivity contribution in [2.24, 2.45) is 0 Å². The van der Waals surface area contributed by atoms with E-state index < -0.39 is 19.8 Å². The van der Waals surface area contributed by atoms with Gasteiger partial charge in [-0.1, -0.05) is 13.8 Å². The van der Waals surface area contributed by atoms with Crippen molar-refractivity contribution in [2.45, 2.75) is 19.8 Å². The zero-order chi connectivity index (χ0) is 13.2. The standard InChI is InChI=1S/C8H14N3O4PS/c1-4(2)6-5(11-8(9)17-6)7(12)10-3-16(13,14)15/h4H,3H2,1-2H3,(H2,9,11)(H,10,12)(H2,13,14,15). The van der Waals surface area contributed by atoms with Crippen LogP contribution in [0.2, 0.25) is 0 Å². The molecule has 1 aromatic heterocycles. The maximum absolute atomic E-state index is 11.7. The molecular formula is C8H14N3O4PS. The molecule has 0 saturated heterocycles. The summed E-state index contributed by atoms with van der Waals surface area (Å²) in [5.74, 6) is -0.550. The van der Waals surface area contributed by atoms with E-state index >= 15 is 0 Å². The highest BCUT2D eigenvalue weighted by Crippen LogP contribution is 2.33. The maximum atomic E-state index is 11.7. The molecule has 0 aliphatic rings. The quantitative estimate of drug-likeness (QED) is 0.601. The highest BCUT2D eigenvalue weighted by atomic mass is 32.1. The molecule has 0 atom stereocenters. The number of nitrogens with zero attached hydrogens (tertiary/aromatic N) is 1. The summed E-state index contributed by atoms with van der Waals surface area (Å²) in [6, 6.07) is 0. The lowest BCUT2D eigenvalue weighted by Crippen LogP contribution is -2.25. The number of carbonyl (C=O) groups is 1. The third kappa shape index (κ3) is 4.08. The minimum Gasteiger partial charge on any atom is -0.375 e. The van der Waals surface area contributed by atoms with Crippen LogP contribution >= 0.6 is 18.9 Å². The van der Waals surface area contributed by atoms with Crippen molar-refractivity contribution in [1.82, 2.24) is 10.3 Å². The number of carbonyl (C=O) groups excluding carboxylic acids is 1. The van der Waals surface area contributed by atoms with Gasteiger partial charge in [-0.3, -0.25) is 9.36 Å². The fraction of sp³-hybridized carbons (Fsp3) is 0.500. The van der Waals surface area contributed by atoms with Crippen molar-refractivity contribution in [2.75, 3.05) is 12.0 Å². The Kier molecular flexibility index (Phi) is 4.26. The maximum Gasteiger partial charge on any atom is 0.344 e. The van der Waals surface area contributed by atoms with E-state index in [-0.39, 0.29) is 16.7 Å². The second-order valence-electron chi connectivity index (χ2n) is 3.75. The average Bonchev–Trinajstić information content (AvgIpc) is 2.55. The van der Waals surface area contributed by atoms with E-state index in [1.807, 2.05) is 13.8 Å². The second kappa shape index (κ2) is 5.14. The largest absolute Gasteiger partial charge is 0.375 e. The van der Waals surface area contributed by atoms with Gasteiger partial charge in [0, 0.05) is 4.88 Å². The first-order valence-electron chi connectivity index (χ1n) is 4.79. The molecule has 0 aliphatic heterocycles. The van der Waals surface area contributed by atoms with Gasteiger partial charge < -0.3 is 20.8 Å². The molecule has 0 spiro atoms. The fourth-order valence-electron chi connectivity index (χ4n) is 1.16. The molecule has 17 heavy (non-hydrogen) atoms. The summed E-state index contributed by atoms with van der Waals surface area (Å²) in [6.07, 6.45) is -0.708. The molecule has 1 rings (SSSR count). The Morgan fingerprint density at radius 1 is 1.59 bits per heavy atom. The van der Waals surface area contributed by atoms with E-state index in [9.17, 15) is 9.36 Å². The van der Waals surface area contributed by atoms with Gasteiger partial charge in [-0.25, -0.2) is 4.98 Å². The zero-order valence-electron chi connectivity index (χ0n) is 9.38. The number of thiazole rings is 1. The normalized spacial score (nSPS) is 11.8. The smallest absolute Gasteiger partial charge is 0.344 e. The highest BCUT2D eigenvalue weighted by Gasteiger charge is 2.21. The van der Waals surface area contributed by atoms with Crippen LogP contribution in [0.5, 0.6) is 0 Å². The molecule has 1 amide bonds. The predicted octanol–water partition coefficient (Wildman–Crippen LogP) is 0.714. The number of nitrogens with two attached hydrogens (primary N) is 1. The first-order valence-corrected chi connectivity index (χ1v) is 7.41. The van der Waals surface area contributed by atoms with Crippen LogP contribution in [0.15, 0.2) is 0 Å². The Hall–Kier alpha value is -0.950. The van der Waals surface area contributed by atoms with Crippen molar-refractivity contribution >= 4 is 30.0 Å². The number of hydrogen-bond donors (Lipinski definition) is 4. The Bertz CT molecular complexity index is 467. The Morgan fingerprint density at radius 2 is 2.18 bits per heavy atom. The lowest BCUT2D eigenvalue weighted by molar-refractivity contribution is 0.0951. The van der Waals surface area contributed by atoms with Gasteiger partial charge in [-0.05, 0) is 5.92 Å². The van der Waals surface area contributed by atoms with Crippen LogP contribution in [-0.4, -0.2) is 27.0 Å². The predicted molar refractivity (Wildman–Crippen MR) is 65.0 cm³/mol. The summed E-state index contributed by atoms with van der Waals surface area (Å²) in [5, 5.41) is 2.39. The molecule has 9 heteroatoms. The molecule has 0 bridgehead atoms. The van der Waals surface area contributed by atoms with Crippen LogP contribution in [0.1, 0.15) is 35.1 Å². The molecule has 1 heterocycles. The van der Waals surface area contributed by atoms with Gasteiger partial charge in [0.05, 0.1) is 0 Å². The summed E-state index contributed by atoms with van der Waals surface area (Å²) in [7, 11) is -4.26. The minimum absolute atomic E-state index is 0.0700. The number of nitrogen functional groups attached to an aromatic ring is 1. The van der Waals surface area contributed by atoms with E-state index in [0.29, 0.717) is 4.88 Å².